The topological polar surface area (TPSA) is 48.0 Å². The summed E-state index contributed by atoms with van der Waals surface area (Å²) in [6.45, 7) is 4.58. The number of para-hydroxylation sites is 1. The maximum absolute atomic E-state index is 12.6. The molecule has 33 heavy (non-hydrogen) atoms. The van der Waals surface area contributed by atoms with E-state index in [2.05, 4.69) is 54.3 Å². The minimum Gasteiger partial charge on any atom is -0.465 e. The van der Waals surface area contributed by atoms with E-state index in [0.717, 1.165) is 28.8 Å². The zero-order valence-electron chi connectivity index (χ0n) is 19.4. The fourth-order valence-electron chi connectivity index (χ4n) is 8.42. The zero-order valence-corrected chi connectivity index (χ0v) is 19.4. The van der Waals surface area contributed by atoms with Crippen LogP contribution in [0.25, 0.3) is 0 Å². The van der Waals surface area contributed by atoms with Crippen molar-refractivity contribution in [2.45, 2.75) is 57.2 Å². The Morgan fingerprint density at radius 2 is 1.67 bits per heavy atom. The summed E-state index contributed by atoms with van der Waals surface area (Å²) in [5.74, 6) is 2.50. The Balaban J connectivity index is 1.45. The minimum absolute atomic E-state index is 0.183. The van der Waals surface area contributed by atoms with E-state index in [1.165, 1.54) is 43.2 Å². The second-order valence-electron chi connectivity index (χ2n) is 10.8. The maximum Gasteiger partial charge on any atom is 0.325 e. The van der Waals surface area contributed by atoms with Crippen LogP contribution >= 0.6 is 0 Å². The number of rotatable bonds is 3. The van der Waals surface area contributed by atoms with E-state index in [9.17, 15) is 4.79 Å². The molecule has 0 N–H and O–H groups in total. The van der Waals surface area contributed by atoms with E-state index in [4.69, 9.17) is 14.5 Å². The molecule has 5 nitrogen and oxygen atoms in total. The molecule has 1 unspecified atom stereocenters. The Morgan fingerprint density at radius 1 is 0.970 bits per heavy atom. The van der Waals surface area contributed by atoms with Crippen LogP contribution in [0.2, 0.25) is 0 Å². The molecule has 8 rings (SSSR count). The first-order valence-corrected chi connectivity index (χ1v) is 12.6. The van der Waals surface area contributed by atoms with Crippen LogP contribution in [0.15, 0.2) is 42.5 Å². The van der Waals surface area contributed by atoms with Gasteiger partial charge in [0.15, 0.2) is 5.60 Å². The van der Waals surface area contributed by atoms with Gasteiger partial charge in [-0.3, -0.25) is 4.79 Å². The quantitative estimate of drug-likeness (QED) is 0.467. The first kappa shape index (κ1) is 20.0. The Hall–Kier alpha value is -2.37. The van der Waals surface area contributed by atoms with Gasteiger partial charge in [0.2, 0.25) is 0 Å². The summed E-state index contributed by atoms with van der Waals surface area (Å²) >= 11 is 0. The van der Waals surface area contributed by atoms with Crippen LogP contribution in [0.4, 0.5) is 11.4 Å². The molecule has 5 heteroatoms. The van der Waals surface area contributed by atoms with E-state index in [-0.39, 0.29) is 18.1 Å². The molecule has 0 radical (unpaired) electrons. The average Bonchev–Trinajstić information content (AvgIpc) is 2.78. The first-order chi connectivity index (χ1) is 16.1. The summed E-state index contributed by atoms with van der Waals surface area (Å²) in [5, 5.41) is 0. The number of nitrogens with zero attached hydrogens (tertiary/aromatic N) is 1. The van der Waals surface area contributed by atoms with Gasteiger partial charge in [-0.05, 0) is 87.3 Å². The Kier molecular flexibility index (Phi) is 4.15. The lowest BCUT2D eigenvalue weighted by molar-refractivity contribution is -0.583. The lowest BCUT2D eigenvalue weighted by Gasteiger charge is -2.71. The van der Waals surface area contributed by atoms with Gasteiger partial charge < -0.3 is 9.64 Å². The fourth-order valence-corrected chi connectivity index (χ4v) is 8.42. The van der Waals surface area contributed by atoms with Crippen molar-refractivity contribution in [3.63, 3.8) is 0 Å². The highest BCUT2D eigenvalue weighted by Crippen LogP contribution is 2.73. The van der Waals surface area contributed by atoms with Crippen molar-refractivity contribution in [1.29, 1.82) is 0 Å². The minimum atomic E-state index is -0.627. The Labute approximate surface area is 194 Å². The van der Waals surface area contributed by atoms with Crippen LogP contribution in [0.1, 0.15) is 55.7 Å². The molecule has 4 saturated carbocycles. The van der Waals surface area contributed by atoms with E-state index in [1.807, 2.05) is 6.92 Å². The molecule has 1 saturated heterocycles. The van der Waals surface area contributed by atoms with Crippen molar-refractivity contribution in [2.24, 2.45) is 23.7 Å². The molecule has 4 aliphatic carbocycles. The molecular formula is C28H31NO4. The third kappa shape index (κ3) is 2.37. The molecule has 5 fully saturated rings. The van der Waals surface area contributed by atoms with Crippen LogP contribution in [-0.2, 0) is 24.9 Å². The summed E-state index contributed by atoms with van der Waals surface area (Å²) in [6.07, 6.45) is 6.38. The molecule has 6 aliphatic rings. The molecule has 2 aliphatic heterocycles. The highest BCUT2D eigenvalue weighted by Gasteiger charge is 2.77. The number of anilines is 2. The summed E-state index contributed by atoms with van der Waals surface area (Å²) < 4.78 is 5.35. The largest absolute Gasteiger partial charge is 0.465 e. The van der Waals surface area contributed by atoms with Gasteiger partial charge in [-0.2, -0.15) is 0 Å². The third-order valence-electron chi connectivity index (χ3n) is 9.27. The molecule has 172 valence electrons. The second kappa shape index (κ2) is 6.83. The predicted molar refractivity (Wildman–Crippen MR) is 124 cm³/mol. The molecular weight excluding hydrogens is 414 g/mol. The smallest absolute Gasteiger partial charge is 0.325 e. The van der Waals surface area contributed by atoms with Gasteiger partial charge in [0, 0.05) is 22.5 Å². The van der Waals surface area contributed by atoms with E-state index >= 15 is 0 Å². The van der Waals surface area contributed by atoms with Gasteiger partial charge in [0.1, 0.15) is 12.1 Å². The van der Waals surface area contributed by atoms with Gasteiger partial charge in [-0.1, -0.05) is 30.3 Å². The molecule has 0 aromatic heterocycles. The summed E-state index contributed by atoms with van der Waals surface area (Å²) in [4.78, 5) is 27.6. The number of hydrogen-bond acceptors (Lipinski definition) is 5. The van der Waals surface area contributed by atoms with Gasteiger partial charge in [0.25, 0.3) is 0 Å². The molecule has 2 aromatic rings. The number of hydrogen-bond donors (Lipinski definition) is 0. The number of carbonyl (C=O) groups excluding carboxylic acids is 1. The van der Waals surface area contributed by atoms with E-state index < -0.39 is 5.60 Å². The van der Waals surface area contributed by atoms with E-state index in [0.29, 0.717) is 18.4 Å². The molecule has 2 heterocycles. The van der Waals surface area contributed by atoms with Crippen molar-refractivity contribution in [3.05, 3.63) is 59.2 Å². The number of fused-ring (bicyclic) bond motifs is 4. The van der Waals surface area contributed by atoms with Crippen molar-refractivity contribution in [1.82, 2.24) is 0 Å². The third-order valence-corrected chi connectivity index (χ3v) is 9.27. The number of esters is 1. The van der Waals surface area contributed by atoms with Crippen molar-refractivity contribution in [3.8, 4) is 0 Å². The van der Waals surface area contributed by atoms with Gasteiger partial charge >= 0.3 is 5.97 Å². The molecule has 0 amide bonds. The highest BCUT2D eigenvalue weighted by molar-refractivity contribution is 5.86. The fraction of sp³-hybridized carbons (Fsp3) is 0.536. The lowest BCUT2D eigenvalue weighted by Crippen LogP contribution is -2.77. The summed E-state index contributed by atoms with van der Waals surface area (Å²) in [7, 11) is 0. The van der Waals surface area contributed by atoms with Gasteiger partial charge in [0.05, 0.1) is 6.61 Å². The SMILES string of the molecule is CCOC(=O)CN1c2ccccc2C2(OOC23C2CC4CC(C2)CC3C4)c2c(C)cccc21. The van der Waals surface area contributed by atoms with Crippen LogP contribution < -0.4 is 4.90 Å². The van der Waals surface area contributed by atoms with Gasteiger partial charge in [-0.15, -0.1) is 0 Å². The number of carbonyl (C=O) groups is 1. The van der Waals surface area contributed by atoms with Crippen LogP contribution in [0.3, 0.4) is 0 Å². The number of benzene rings is 2. The highest BCUT2D eigenvalue weighted by atomic mass is 17.3. The van der Waals surface area contributed by atoms with Gasteiger partial charge in [-0.25, -0.2) is 9.78 Å². The Bertz CT molecular complexity index is 1110. The second-order valence-corrected chi connectivity index (χ2v) is 10.8. The van der Waals surface area contributed by atoms with Crippen molar-refractivity contribution in [2.75, 3.05) is 18.1 Å². The van der Waals surface area contributed by atoms with Crippen LogP contribution in [0, 0.1) is 30.6 Å². The average molecular weight is 446 g/mol. The zero-order chi connectivity index (χ0) is 22.4. The standard InChI is InChI=1S/C28H31NO4/c1-3-31-25(30)16-29-23-9-5-4-8-22(23)28(26-17(2)7-6-10-24(26)29)27(32-33-28)20-12-18-11-19(14-20)15-21(27)13-18/h4-10,18-21H,3,11-16H2,1-2H3. The number of aryl methyl sites for hydroxylation is 1. The van der Waals surface area contributed by atoms with Crippen LogP contribution in [0.5, 0.6) is 0 Å². The molecule has 1 atom stereocenters. The lowest BCUT2D eigenvalue weighted by atomic mass is 9.44. The van der Waals surface area contributed by atoms with E-state index in [1.54, 1.807) is 0 Å². The predicted octanol–water partition coefficient (Wildman–Crippen LogP) is 5.41. The number of ether oxygens (including phenoxy) is 1. The summed E-state index contributed by atoms with van der Waals surface area (Å²) in [5.41, 5.74) is 4.61. The molecule has 2 aromatic carbocycles. The molecule has 2 spiro atoms. The Morgan fingerprint density at radius 3 is 2.33 bits per heavy atom. The first-order valence-electron chi connectivity index (χ1n) is 12.6. The monoisotopic (exact) mass is 445 g/mol. The maximum atomic E-state index is 12.6. The molecule has 4 bridgehead atoms. The van der Waals surface area contributed by atoms with Crippen molar-refractivity contribution >= 4 is 17.3 Å². The summed E-state index contributed by atoms with van der Waals surface area (Å²) in [6, 6.07) is 14.8. The van der Waals surface area contributed by atoms with Crippen molar-refractivity contribution < 1.29 is 19.3 Å². The van der Waals surface area contributed by atoms with Crippen LogP contribution in [-0.4, -0.2) is 24.7 Å². The normalized spacial score (nSPS) is 37.1.